The second-order valence-corrected chi connectivity index (χ2v) is 8.94. The van der Waals surface area contributed by atoms with Crippen molar-refractivity contribution in [3.8, 4) is 0 Å². The van der Waals surface area contributed by atoms with Crippen LogP contribution in [0.1, 0.15) is 39.0 Å². The molecule has 8 heteroatoms. The maximum Gasteiger partial charge on any atom is 0.336 e. The highest BCUT2D eigenvalue weighted by atomic mass is 32.1. The summed E-state index contributed by atoms with van der Waals surface area (Å²) >= 11 is 6.80. The number of hydrogen-bond acceptors (Lipinski definition) is 5. The highest BCUT2D eigenvalue weighted by Gasteiger charge is 2.20. The van der Waals surface area contributed by atoms with Crippen LogP contribution < -0.4 is 21.8 Å². The number of rotatable bonds is 2. The molecule has 1 amide bonds. The summed E-state index contributed by atoms with van der Waals surface area (Å²) < 4.78 is 5.24. The molecule has 1 aliphatic rings. The van der Waals surface area contributed by atoms with Crippen molar-refractivity contribution < 1.29 is 9.21 Å². The van der Waals surface area contributed by atoms with Gasteiger partial charge in [0.25, 0.3) is 5.91 Å². The minimum atomic E-state index is -0.395. The van der Waals surface area contributed by atoms with Gasteiger partial charge in [-0.25, -0.2) is 4.79 Å². The molecule has 29 heavy (non-hydrogen) atoms. The maximum atomic E-state index is 12.5. The molecule has 2 heterocycles. The Kier molecular flexibility index (Phi) is 5.38. The predicted molar refractivity (Wildman–Crippen MR) is 120 cm³/mol. The molecule has 0 radical (unpaired) electrons. The first-order valence-electron chi connectivity index (χ1n) is 9.42. The summed E-state index contributed by atoms with van der Waals surface area (Å²) in [5.74, 6) is 0.462. The fourth-order valence-electron chi connectivity index (χ4n) is 3.52. The van der Waals surface area contributed by atoms with E-state index in [1.165, 1.54) is 22.9 Å². The van der Waals surface area contributed by atoms with Crippen LogP contribution in [0.15, 0.2) is 39.5 Å². The van der Waals surface area contributed by atoms with E-state index in [1.807, 2.05) is 25.1 Å². The van der Waals surface area contributed by atoms with Gasteiger partial charge in [-0.15, -0.1) is 11.3 Å². The summed E-state index contributed by atoms with van der Waals surface area (Å²) in [6, 6.07) is 8.83. The second kappa shape index (κ2) is 7.96. The first kappa shape index (κ1) is 19.6. The van der Waals surface area contributed by atoms with Gasteiger partial charge in [0, 0.05) is 28.1 Å². The lowest BCUT2D eigenvalue weighted by Crippen LogP contribution is -2.43. The molecule has 1 atom stereocenters. The van der Waals surface area contributed by atoms with E-state index < -0.39 is 5.63 Å². The topological polar surface area (TPSA) is 83.4 Å². The van der Waals surface area contributed by atoms with Crippen molar-refractivity contribution in [3.63, 3.8) is 0 Å². The smallest absolute Gasteiger partial charge is 0.336 e. The largest absolute Gasteiger partial charge is 0.423 e. The molecular weight excluding hydrogens is 406 g/mol. The van der Waals surface area contributed by atoms with Gasteiger partial charge in [-0.1, -0.05) is 6.92 Å². The highest BCUT2D eigenvalue weighted by Crippen LogP contribution is 2.32. The first-order chi connectivity index (χ1) is 13.9. The van der Waals surface area contributed by atoms with Gasteiger partial charge >= 0.3 is 5.63 Å². The molecule has 150 valence electrons. The zero-order valence-corrected chi connectivity index (χ0v) is 17.8. The van der Waals surface area contributed by atoms with E-state index in [9.17, 15) is 9.59 Å². The molecule has 2 aromatic heterocycles. The summed E-state index contributed by atoms with van der Waals surface area (Å²) in [6.07, 6.45) is 3.24. The van der Waals surface area contributed by atoms with E-state index in [2.05, 4.69) is 23.1 Å². The average molecular weight is 428 g/mol. The third kappa shape index (κ3) is 4.33. The van der Waals surface area contributed by atoms with Crippen LogP contribution >= 0.6 is 23.6 Å². The Bertz CT molecular complexity index is 1170. The van der Waals surface area contributed by atoms with Crippen LogP contribution in [-0.2, 0) is 12.8 Å². The third-order valence-electron chi connectivity index (χ3n) is 5.06. The molecule has 0 aliphatic heterocycles. The van der Waals surface area contributed by atoms with E-state index in [0.29, 0.717) is 22.1 Å². The number of hydrazine groups is 1. The first-order valence-corrected chi connectivity index (χ1v) is 10.6. The summed E-state index contributed by atoms with van der Waals surface area (Å²) in [4.78, 5) is 26.0. The number of nitrogens with one attached hydrogen (secondary N) is 3. The second-order valence-electron chi connectivity index (χ2n) is 7.40. The van der Waals surface area contributed by atoms with Crippen LogP contribution in [0, 0.1) is 12.8 Å². The maximum absolute atomic E-state index is 12.5. The van der Waals surface area contributed by atoms with Gasteiger partial charge in [0.1, 0.15) is 5.58 Å². The summed E-state index contributed by atoms with van der Waals surface area (Å²) in [7, 11) is 0. The molecule has 0 bridgehead atoms. The van der Waals surface area contributed by atoms with E-state index in [-0.39, 0.29) is 11.0 Å². The monoisotopic (exact) mass is 427 g/mol. The van der Waals surface area contributed by atoms with Crippen molar-refractivity contribution in [1.29, 1.82) is 0 Å². The summed E-state index contributed by atoms with van der Waals surface area (Å²) in [5, 5.41) is 4.08. The number of anilines is 1. The van der Waals surface area contributed by atoms with Crippen LogP contribution in [0.3, 0.4) is 0 Å². The van der Waals surface area contributed by atoms with Gasteiger partial charge in [-0.2, -0.15) is 0 Å². The lowest BCUT2D eigenvalue weighted by atomic mass is 9.90. The molecule has 0 fully saturated rings. The molecule has 3 aromatic rings. The fraction of sp³-hybridized carbons (Fsp3) is 0.286. The lowest BCUT2D eigenvalue weighted by molar-refractivity contribution is 0.0948. The van der Waals surface area contributed by atoms with Crippen LogP contribution in [-0.4, -0.2) is 11.0 Å². The number of fused-ring (bicyclic) bond motifs is 2. The highest BCUT2D eigenvalue weighted by molar-refractivity contribution is 7.80. The fourth-order valence-corrected chi connectivity index (χ4v) is 4.96. The number of carbonyl (C=O) groups excluding carboxylic acids is 1. The normalized spacial score (nSPS) is 15.6. The van der Waals surface area contributed by atoms with Crippen molar-refractivity contribution in [1.82, 2.24) is 10.9 Å². The van der Waals surface area contributed by atoms with Crippen LogP contribution in [0.2, 0.25) is 0 Å². The minimum Gasteiger partial charge on any atom is -0.423 e. The summed E-state index contributed by atoms with van der Waals surface area (Å²) in [6.45, 7) is 4.10. The quantitative estimate of drug-likeness (QED) is 0.327. The van der Waals surface area contributed by atoms with Crippen molar-refractivity contribution in [2.75, 3.05) is 5.32 Å². The van der Waals surface area contributed by atoms with Gasteiger partial charge in [0.15, 0.2) is 5.11 Å². The Morgan fingerprint density at radius 1 is 1.24 bits per heavy atom. The van der Waals surface area contributed by atoms with Gasteiger partial charge in [0.05, 0.1) is 4.88 Å². The average Bonchev–Trinajstić information content (AvgIpc) is 3.09. The molecule has 0 spiro atoms. The number of aryl methyl sites for hydroxylation is 2. The third-order valence-corrected chi connectivity index (χ3v) is 6.46. The SMILES string of the molecule is Cc1cc(=O)oc2cc(NC(=S)NNC(=O)c3cc4c(s3)C[C@H](C)CC4)ccc12. The number of benzene rings is 1. The predicted octanol–water partition coefficient (Wildman–Crippen LogP) is 3.92. The molecular formula is C21H21N3O3S2. The van der Waals surface area contributed by atoms with Crippen molar-refractivity contribution in [2.45, 2.75) is 33.1 Å². The Hall–Kier alpha value is -2.71. The molecule has 0 saturated carbocycles. The zero-order chi connectivity index (χ0) is 20.5. The van der Waals surface area contributed by atoms with Gasteiger partial charge in [0.2, 0.25) is 0 Å². The Morgan fingerprint density at radius 2 is 2.07 bits per heavy atom. The Morgan fingerprint density at radius 3 is 2.90 bits per heavy atom. The molecule has 1 aliphatic carbocycles. The molecule has 3 N–H and O–H groups in total. The number of hydrogen-bond donors (Lipinski definition) is 3. The van der Waals surface area contributed by atoms with Crippen LogP contribution in [0.4, 0.5) is 5.69 Å². The number of carbonyl (C=O) groups is 1. The van der Waals surface area contributed by atoms with Crippen LogP contribution in [0.5, 0.6) is 0 Å². The van der Waals surface area contributed by atoms with Crippen LogP contribution in [0.25, 0.3) is 11.0 Å². The molecule has 0 saturated heterocycles. The lowest BCUT2D eigenvalue weighted by Gasteiger charge is -2.16. The summed E-state index contributed by atoms with van der Waals surface area (Å²) in [5.41, 5.74) is 8.23. The zero-order valence-electron chi connectivity index (χ0n) is 16.1. The van der Waals surface area contributed by atoms with Gasteiger partial charge in [-0.3, -0.25) is 15.6 Å². The van der Waals surface area contributed by atoms with Gasteiger partial charge < -0.3 is 9.73 Å². The molecule has 0 unspecified atom stereocenters. The standard InChI is InChI=1S/C21H21N3O3S2/c1-11-3-4-13-9-18(29-17(13)7-11)20(26)23-24-21(28)22-14-5-6-15-12(2)8-19(25)27-16(15)10-14/h5-6,8-11H,3-4,7H2,1-2H3,(H,23,26)(H2,22,24,28)/t11-/m1/s1. The molecule has 4 rings (SSSR count). The molecule has 6 nitrogen and oxygen atoms in total. The number of thiophene rings is 1. The Labute approximate surface area is 177 Å². The van der Waals surface area contributed by atoms with Crippen molar-refractivity contribution in [3.05, 3.63) is 61.6 Å². The number of thiocarbonyl (C=S) groups is 1. The van der Waals surface area contributed by atoms with E-state index in [0.717, 1.165) is 23.8 Å². The van der Waals surface area contributed by atoms with Gasteiger partial charge in [-0.05, 0) is 73.6 Å². The van der Waals surface area contributed by atoms with E-state index >= 15 is 0 Å². The number of amides is 1. The van der Waals surface area contributed by atoms with Crippen molar-refractivity contribution in [2.24, 2.45) is 5.92 Å². The molecule has 1 aromatic carbocycles. The minimum absolute atomic E-state index is 0.207. The van der Waals surface area contributed by atoms with Crippen molar-refractivity contribution >= 4 is 51.2 Å². The van der Waals surface area contributed by atoms with E-state index in [4.69, 9.17) is 16.6 Å². The Balaban J connectivity index is 1.38. The van der Waals surface area contributed by atoms with E-state index in [1.54, 1.807) is 17.4 Å².